The zero-order valence-electron chi connectivity index (χ0n) is 11.9. The number of rotatable bonds is 7. The maximum Gasteiger partial charge on any atom is 0.0937 e. The fourth-order valence-electron chi connectivity index (χ4n) is 1.73. The third-order valence-electron chi connectivity index (χ3n) is 2.89. The van der Waals surface area contributed by atoms with Crippen LogP contribution < -0.4 is 5.32 Å². The molecule has 2 atom stereocenters. The van der Waals surface area contributed by atoms with Gasteiger partial charge < -0.3 is 10.2 Å². The topological polar surface area (TPSA) is 27.6 Å². The molecule has 0 aromatic heterocycles. The normalized spacial score (nSPS) is 16.3. The summed E-state index contributed by atoms with van der Waals surface area (Å²) in [4.78, 5) is 7.01. The Labute approximate surface area is 101 Å². The molecule has 0 aliphatic heterocycles. The number of hydrogen-bond donors (Lipinski definition) is 1. The zero-order valence-corrected chi connectivity index (χ0v) is 11.9. The lowest BCUT2D eigenvalue weighted by Crippen LogP contribution is -2.41. The SMILES string of the molecule is CCC(C)N=C(C)NC(C)CN(CC)CC. The Morgan fingerprint density at radius 3 is 2.19 bits per heavy atom. The van der Waals surface area contributed by atoms with Crippen molar-refractivity contribution in [2.75, 3.05) is 19.6 Å². The molecule has 96 valence electrons. The first-order valence-corrected chi connectivity index (χ1v) is 6.56. The first kappa shape index (κ1) is 15.4. The average Bonchev–Trinajstić information content (AvgIpc) is 2.25. The lowest BCUT2D eigenvalue weighted by molar-refractivity contribution is 0.281. The summed E-state index contributed by atoms with van der Waals surface area (Å²) >= 11 is 0. The van der Waals surface area contributed by atoms with E-state index >= 15 is 0 Å². The Hall–Kier alpha value is -0.570. The summed E-state index contributed by atoms with van der Waals surface area (Å²) in [6, 6.07) is 0.890. The molecule has 0 aromatic rings. The molecule has 1 N–H and O–H groups in total. The van der Waals surface area contributed by atoms with Gasteiger partial charge in [0.15, 0.2) is 0 Å². The molecular weight excluding hydrogens is 198 g/mol. The molecule has 0 aliphatic carbocycles. The molecule has 0 rings (SSSR count). The summed E-state index contributed by atoms with van der Waals surface area (Å²) < 4.78 is 0. The van der Waals surface area contributed by atoms with Crippen molar-refractivity contribution in [1.82, 2.24) is 10.2 Å². The standard InChI is InChI=1S/C13H29N3/c1-7-11(4)14-13(6)15-12(5)10-16(8-2)9-3/h11-12H,7-10H2,1-6H3,(H,14,15). The van der Waals surface area contributed by atoms with Crippen molar-refractivity contribution < 1.29 is 0 Å². The Morgan fingerprint density at radius 1 is 1.19 bits per heavy atom. The lowest BCUT2D eigenvalue weighted by atomic mass is 10.2. The van der Waals surface area contributed by atoms with E-state index in [1.807, 2.05) is 0 Å². The number of nitrogens with one attached hydrogen (secondary N) is 1. The third kappa shape index (κ3) is 6.83. The van der Waals surface area contributed by atoms with E-state index in [-0.39, 0.29) is 0 Å². The van der Waals surface area contributed by atoms with Crippen LogP contribution in [0.4, 0.5) is 0 Å². The summed E-state index contributed by atoms with van der Waals surface area (Å²) in [5.74, 6) is 1.06. The zero-order chi connectivity index (χ0) is 12.6. The van der Waals surface area contributed by atoms with Gasteiger partial charge in [-0.25, -0.2) is 0 Å². The first-order chi connectivity index (χ1) is 7.53. The molecule has 0 aromatic carbocycles. The molecule has 0 saturated heterocycles. The van der Waals surface area contributed by atoms with E-state index in [1.54, 1.807) is 0 Å². The molecule has 0 saturated carbocycles. The highest BCUT2D eigenvalue weighted by Gasteiger charge is 2.07. The maximum atomic E-state index is 4.58. The van der Waals surface area contributed by atoms with Gasteiger partial charge in [0.05, 0.1) is 5.84 Å². The average molecular weight is 227 g/mol. The predicted molar refractivity (Wildman–Crippen MR) is 73.2 cm³/mol. The lowest BCUT2D eigenvalue weighted by Gasteiger charge is -2.24. The van der Waals surface area contributed by atoms with Crippen LogP contribution in [0.2, 0.25) is 0 Å². The number of nitrogens with zero attached hydrogens (tertiary/aromatic N) is 2. The summed E-state index contributed by atoms with van der Waals surface area (Å²) in [7, 11) is 0. The summed E-state index contributed by atoms with van der Waals surface area (Å²) in [6.45, 7) is 16.3. The fraction of sp³-hybridized carbons (Fsp3) is 0.923. The third-order valence-corrected chi connectivity index (χ3v) is 2.89. The minimum absolute atomic E-state index is 0.424. The van der Waals surface area contributed by atoms with Gasteiger partial charge >= 0.3 is 0 Å². The van der Waals surface area contributed by atoms with E-state index < -0.39 is 0 Å². The van der Waals surface area contributed by atoms with E-state index in [0.717, 1.165) is 31.9 Å². The molecule has 0 amide bonds. The Balaban J connectivity index is 4.03. The number of hydrogen-bond acceptors (Lipinski definition) is 2. The molecular formula is C13H29N3. The van der Waals surface area contributed by atoms with Crippen LogP contribution in [-0.4, -0.2) is 42.5 Å². The second kappa shape index (κ2) is 8.57. The van der Waals surface area contributed by atoms with Gasteiger partial charge in [-0.15, -0.1) is 0 Å². The van der Waals surface area contributed by atoms with Crippen LogP contribution >= 0.6 is 0 Å². The second-order valence-corrected chi connectivity index (χ2v) is 4.50. The van der Waals surface area contributed by atoms with Crippen molar-refractivity contribution in [1.29, 1.82) is 0 Å². The Morgan fingerprint density at radius 2 is 1.75 bits per heavy atom. The quantitative estimate of drug-likeness (QED) is 0.534. The smallest absolute Gasteiger partial charge is 0.0937 e. The van der Waals surface area contributed by atoms with Crippen LogP contribution in [0.3, 0.4) is 0 Å². The second-order valence-electron chi connectivity index (χ2n) is 4.50. The summed E-state index contributed by atoms with van der Waals surface area (Å²) in [5, 5.41) is 3.45. The van der Waals surface area contributed by atoms with E-state index in [0.29, 0.717) is 12.1 Å². The molecule has 0 radical (unpaired) electrons. The van der Waals surface area contributed by atoms with Crippen LogP contribution in [0.1, 0.15) is 48.0 Å². The van der Waals surface area contributed by atoms with Crippen LogP contribution in [0, 0.1) is 0 Å². The Bertz CT molecular complexity index is 197. The van der Waals surface area contributed by atoms with E-state index in [2.05, 4.69) is 56.8 Å². The molecule has 3 nitrogen and oxygen atoms in total. The van der Waals surface area contributed by atoms with Crippen LogP contribution in [0.5, 0.6) is 0 Å². The minimum Gasteiger partial charge on any atom is -0.370 e. The van der Waals surface area contributed by atoms with Gasteiger partial charge in [-0.3, -0.25) is 4.99 Å². The predicted octanol–water partition coefficient (Wildman–Crippen LogP) is 2.52. The fourth-order valence-corrected chi connectivity index (χ4v) is 1.73. The largest absolute Gasteiger partial charge is 0.370 e. The summed E-state index contributed by atoms with van der Waals surface area (Å²) in [5.41, 5.74) is 0. The van der Waals surface area contributed by atoms with E-state index in [4.69, 9.17) is 0 Å². The van der Waals surface area contributed by atoms with Crippen molar-refractivity contribution in [2.24, 2.45) is 4.99 Å². The number of amidine groups is 1. The van der Waals surface area contributed by atoms with Gasteiger partial charge in [-0.2, -0.15) is 0 Å². The van der Waals surface area contributed by atoms with Crippen LogP contribution in [0.25, 0.3) is 0 Å². The molecule has 2 unspecified atom stereocenters. The van der Waals surface area contributed by atoms with Gasteiger partial charge in [-0.05, 0) is 40.3 Å². The first-order valence-electron chi connectivity index (χ1n) is 6.56. The van der Waals surface area contributed by atoms with E-state index in [1.165, 1.54) is 0 Å². The van der Waals surface area contributed by atoms with Gasteiger partial charge in [0.2, 0.25) is 0 Å². The summed E-state index contributed by atoms with van der Waals surface area (Å²) in [6.07, 6.45) is 1.10. The highest BCUT2D eigenvalue weighted by atomic mass is 15.1. The minimum atomic E-state index is 0.424. The molecule has 0 aliphatic rings. The molecule has 0 fully saturated rings. The number of likely N-dealkylation sites (N-methyl/N-ethyl adjacent to an activating group) is 1. The van der Waals surface area contributed by atoms with Crippen LogP contribution in [-0.2, 0) is 0 Å². The monoisotopic (exact) mass is 227 g/mol. The molecule has 3 heteroatoms. The van der Waals surface area contributed by atoms with Crippen molar-refractivity contribution in [2.45, 2.75) is 60.0 Å². The van der Waals surface area contributed by atoms with E-state index in [9.17, 15) is 0 Å². The van der Waals surface area contributed by atoms with Gasteiger partial charge in [0.25, 0.3) is 0 Å². The number of aliphatic imine (C=N–C) groups is 1. The molecule has 0 heterocycles. The highest BCUT2D eigenvalue weighted by molar-refractivity contribution is 5.79. The van der Waals surface area contributed by atoms with Crippen molar-refractivity contribution in [3.63, 3.8) is 0 Å². The molecule has 0 bridgehead atoms. The molecule has 0 spiro atoms. The van der Waals surface area contributed by atoms with Crippen molar-refractivity contribution in [3.8, 4) is 0 Å². The van der Waals surface area contributed by atoms with Gasteiger partial charge in [0.1, 0.15) is 0 Å². The Kier molecular flexibility index (Phi) is 8.26. The molecule has 16 heavy (non-hydrogen) atoms. The highest BCUT2D eigenvalue weighted by Crippen LogP contribution is 1.96. The van der Waals surface area contributed by atoms with Crippen LogP contribution in [0.15, 0.2) is 4.99 Å². The van der Waals surface area contributed by atoms with Crippen molar-refractivity contribution in [3.05, 3.63) is 0 Å². The van der Waals surface area contributed by atoms with Crippen molar-refractivity contribution >= 4 is 5.84 Å². The van der Waals surface area contributed by atoms with Gasteiger partial charge in [0, 0.05) is 18.6 Å². The maximum absolute atomic E-state index is 4.58. The van der Waals surface area contributed by atoms with Gasteiger partial charge in [-0.1, -0.05) is 20.8 Å².